The lowest BCUT2D eigenvalue weighted by molar-refractivity contribution is 0.361. The van der Waals surface area contributed by atoms with Gasteiger partial charge in [-0.3, -0.25) is 0 Å². The standard InChI is InChI=1S/C7H10ClN3.C3H8.C2H6.2H3O3PS/c1-5-4-6(11(2)3)10-7(8)9-5;1-3-2;1-2;2*1-4(2,3)5/h4H,1-3H3;3H2,1-2H3;1-2H3;2*(H3,1,2,3,5). The van der Waals surface area contributed by atoms with Crippen molar-refractivity contribution in [2.24, 2.45) is 0 Å². The molecule has 1 aromatic rings. The summed E-state index contributed by atoms with van der Waals surface area (Å²) in [6.45, 7) is 2.53. The minimum Gasteiger partial charge on any atom is -0.363 e. The third-order valence-corrected chi connectivity index (χ3v) is 1.44. The van der Waals surface area contributed by atoms with Crippen LogP contribution in [-0.2, 0) is 23.6 Å². The van der Waals surface area contributed by atoms with Gasteiger partial charge in [0.1, 0.15) is 5.82 Å². The molecule has 158 valence electrons. The number of anilines is 1. The van der Waals surface area contributed by atoms with Gasteiger partial charge in [-0.2, -0.15) is 0 Å². The summed E-state index contributed by atoms with van der Waals surface area (Å²) in [6, 6.07) is 1.88. The van der Waals surface area contributed by atoms with Crippen LogP contribution in [-0.4, -0.2) is 53.4 Å². The number of rotatable bonds is 1. The molecule has 0 spiro atoms. The van der Waals surface area contributed by atoms with Gasteiger partial charge >= 0.3 is 13.4 Å². The Morgan fingerprint density at radius 3 is 1.42 bits per heavy atom. The highest BCUT2D eigenvalue weighted by Gasteiger charge is 2.00. The van der Waals surface area contributed by atoms with Crippen LogP contribution in [0.25, 0.3) is 0 Å². The molecule has 0 aromatic carbocycles. The van der Waals surface area contributed by atoms with Crippen LogP contribution in [0.2, 0.25) is 5.28 Å². The molecule has 0 radical (unpaired) electrons. The fraction of sp³-hybridized carbons (Fsp3) is 0.667. The molecule has 0 bridgehead atoms. The van der Waals surface area contributed by atoms with Crippen molar-refractivity contribution in [1.82, 2.24) is 9.97 Å². The van der Waals surface area contributed by atoms with Crippen molar-refractivity contribution in [2.75, 3.05) is 19.0 Å². The van der Waals surface area contributed by atoms with Gasteiger partial charge in [-0.05, 0) is 42.1 Å². The summed E-state index contributed by atoms with van der Waals surface area (Å²) in [5, 5.41) is 0.300. The lowest BCUT2D eigenvalue weighted by Crippen LogP contribution is -2.11. The molecule has 0 amide bonds. The highest BCUT2D eigenvalue weighted by molar-refractivity contribution is 8.06. The summed E-state index contributed by atoms with van der Waals surface area (Å²) in [7, 11) is 3.83. The van der Waals surface area contributed by atoms with Crippen LogP contribution in [0, 0.1) is 6.92 Å². The van der Waals surface area contributed by atoms with E-state index in [0.717, 1.165) is 11.5 Å². The van der Waals surface area contributed by atoms with E-state index in [-0.39, 0.29) is 0 Å². The van der Waals surface area contributed by atoms with Crippen molar-refractivity contribution in [3.05, 3.63) is 17.0 Å². The minimum absolute atomic E-state index is 0.300. The van der Waals surface area contributed by atoms with E-state index in [2.05, 4.69) is 47.4 Å². The van der Waals surface area contributed by atoms with E-state index < -0.39 is 13.4 Å². The molecular formula is C12H30ClN3O6P2S2. The third kappa shape index (κ3) is 49.6. The predicted octanol–water partition coefficient (Wildman–Crippen LogP) is 2.32. The Bertz CT molecular complexity index is 501. The van der Waals surface area contributed by atoms with Gasteiger partial charge < -0.3 is 34.3 Å². The molecule has 26 heavy (non-hydrogen) atoms. The molecule has 0 unspecified atom stereocenters. The quantitative estimate of drug-likeness (QED) is 0.263. The zero-order valence-electron chi connectivity index (χ0n) is 15.9. The first kappa shape index (κ1) is 33.8. The van der Waals surface area contributed by atoms with Crippen LogP contribution in [0.5, 0.6) is 0 Å². The van der Waals surface area contributed by atoms with Crippen LogP contribution >= 0.6 is 25.0 Å². The van der Waals surface area contributed by atoms with E-state index >= 15 is 0 Å². The number of hydrogen-bond acceptors (Lipinski definition) is 5. The fourth-order valence-electron chi connectivity index (χ4n) is 0.746. The first-order valence-electron chi connectivity index (χ1n) is 7.26. The first-order chi connectivity index (χ1) is 11.5. The SMILES string of the molecule is CC.CCC.Cc1cc(N(C)C)nc(Cl)n1.OP(O)(O)=S.OP(O)(O)=S. The zero-order valence-corrected chi connectivity index (χ0v) is 20.1. The smallest absolute Gasteiger partial charge is 0.319 e. The van der Waals surface area contributed by atoms with E-state index in [1.54, 1.807) is 0 Å². The van der Waals surface area contributed by atoms with E-state index in [4.69, 9.17) is 41.0 Å². The van der Waals surface area contributed by atoms with Crippen molar-refractivity contribution >= 4 is 54.5 Å². The fourth-order valence-corrected chi connectivity index (χ4v) is 0.965. The second-order valence-corrected chi connectivity index (χ2v) is 9.60. The lowest BCUT2D eigenvalue weighted by Gasteiger charge is -2.10. The zero-order chi connectivity index (χ0) is 22.1. The molecule has 14 heteroatoms. The molecule has 0 fully saturated rings. The van der Waals surface area contributed by atoms with Crippen molar-refractivity contribution in [2.45, 2.75) is 41.0 Å². The average Bonchev–Trinajstić information content (AvgIpc) is 2.36. The second-order valence-electron chi connectivity index (χ2n) is 4.26. The van der Waals surface area contributed by atoms with Crippen LogP contribution in [0.15, 0.2) is 6.07 Å². The molecule has 0 aliphatic carbocycles. The van der Waals surface area contributed by atoms with Gasteiger partial charge in [-0.15, -0.1) is 0 Å². The number of aromatic nitrogens is 2. The number of halogens is 1. The molecular weight excluding hydrogens is 444 g/mol. The molecule has 1 heterocycles. The molecule has 9 nitrogen and oxygen atoms in total. The Kier molecular flexibility index (Phi) is 24.2. The molecule has 0 saturated heterocycles. The Hall–Kier alpha value is 0.230. The maximum atomic E-state index is 7.56. The summed E-state index contributed by atoms with van der Waals surface area (Å²) in [5.74, 6) is 0.836. The van der Waals surface area contributed by atoms with Gasteiger partial charge in [-0.1, -0.05) is 34.1 Å². The molecule has 0 saturated carbocycles. The molecule has 1 aromatic heterocycles. The van der Waals surface area contributed by atoms with Crippen molar-refractivity contribution < 1.29 is 29.4 Å². The van der Waals surface area contributed by atoms with Gasteiger partial charge in [0, 0.05) is 25.9 Å². The normalized spacial score (nSPS) is 9.62. The van der Waals surface area contributed by atoms with Gasteiger partial charge in [0.15, 0.2) is 0 Å². The average molecular weight is 474 g/mol. The van der Waals surface area contributed by atoms with E-state index in [0.29, 0.717) is 5.28 Å². The molecule has 1 rings (SSSR count). The summed E-state index contributed by atoms with van der Waals surface area (Å²) in [6.07, 6.45) is 1.25. The van der Waals surface area contributed by atoms with Crippen molar-refractivity contribution in [3.8, 4) is 0 Å². The highest BCUT2D eigenvalue weighted by atomic mass is 35.5. The predicted molar refractivity (Wildman–Crippen MR) is 115 cm³/mol. The Labute approximate surface area is 170 Å². The van der Waals surface area contributed by atoms with Gasteiger partial charge in [0.25, 0.3) is 0 Å². The monoisotopic (exact) mass is 473 g/mol. The number of hydrogen-bond donors (Lipinski definition) is 6. The highest BCUT2D eigenvalue weighted by Crippen LogP contribution is 2.26. The second kappa shape index (κ2) is 18.6. The Morgan fingerprint density at radius 1 is 0.962 bits per heavy atom. The molecule has 6 N–H and O–H groups in total. The maximum absolute atomic E-state index is 7.56. The minimum atomic E-state index is -3.81. The van der Waals surface area contributed by atoms with Crippen molar-refractivity contribution in [3.63, 3.8) is 0 Å². The van der Waals surface area contributed by atoms with Crippen molar-refractivity contribution in [1.29, 1.82) is 0 Å². The summed E-state index contributed by atoms with van der Waals surface area (Å²) in [4.78, 5) is 55.2. The first-order valence-corrected chi connectivity index (χ1v) is 13.0. The maximum Gasteiger partial charge on any atom is 0.319 e. The van der Waals surface area contributed by atoms with Gasteiger partial charge in [0.05, 0.1) is 0 Å². The number of aryl methyl sites for hydroxylation is 1. The van der Waals surface area contributed by atoms with E-state index in [1.807, 2.05) is 45.8 Å². The molecule has 0 atom stereocenters. The third-order valence-electron chi connectivity index (χ3n) is 1.27. The Balaban J connectivity index is -0.000000137. The van der Waals surface area contributed by atoms with Crippen LogP contribution in [0.3, 0.4) is 0 Å². The largest absolute Gasteiger partial charge is 0.363 e. The number of nitrogens with zero attached hydrogens (tertiary/aromatic N) is 3. The summed E-state index contributed by atoms with van der Waals surface area (Å²) in [5.41, 5.74) is 0.883. The van der Waals surface area contributed by atoms with Crippen LogP contribution < -0.4 is 4.90 Å². The Morgan fingerprint density at radius 2 is 1.23 bits per heavy atom. The summed E-state index contributed by atoms with van der Waals surface area (Å²) >= 11 is 12.9. The van der Waals surface area contributed by atoms with Crippen LogP contribution in [0.4, 0.5) is 5.82 Å². The molecule has 0 aliphatic heterocycles. The summed E-state index contributed by atoms with van der Waals surface area (Å²) < 4.78 is 0. The van der Waals surface area contributed by atoms with Gasteiger partial charge in [-0.25, -0.2) is 9.97 Å². The molecule has 0 aliphatic rings. The van der Waals surface area contributed by atoms with Crippen LogP contribution in [0.1, 0.15) is 39.8 Å². The van der Waals surface area contributed by atoms with E-state index in [9.17, 15) is 0 Å². The van der Waals surface area contributed by atoms with Gasteiger partial charge in [0.2, 0.25) is 5.28 Å². The lowest BCUT2D eigenvalue weighted by atomic mass is 10.4. The van der Waals surface area contributed by atoms with E-state index in [1.165, 1.54) is 6.42 Å². The topological polar surface area (TPSA) is 150 Å².